The number of nitrogens with one attached hydrogen (secondary N) is 1. The van der Waals surface area contributed by atoms with Gasteiger partial charge in [-0.1, -0.05) is 17.7 Å². The number of hydrazone groups is 1. The summed E-state index contributed by atoms with van der Waals surface area (Å²) in [5.41, 5.74) is -0.00102. The molecule has 0 heterocycles. The number of rotatable bonds is 3. The molecule has 0 saturated heterocycles. The summed E-state index contributed by atoms with van der Waals surface area (Å²) in [7, 11) is 0. The van der Waals surface area contributed by atoms with Crippen LogP contribution in [-0.4, -0.2) is 17.2 Å². The average molecular weight is 361 g/mol. The number of carbonyl (C=O) groups is 1. The molecule has 0 atom stereocenters. The Morgan fingerprint density at radius 3 is 2.58 bits per heavy atom. The highest BCUT2D eigenvalue weighted by Gasteiger charge is 2.34. The SMILES string of the molecule is O=C(N/N=C/c1c(C(F)(F)F)ccc(Cl)c1O)c1cccc(F)c1. The second-order valence-electron chi connectivity index (χ2n) is 4.56. The Kier molecular flexibility index (Phi) is 5.08. The minimum atomic E-state index is -4.75. The zero-order chi connectivity index (χ0) is 17.9. The molecule has 0 aliphatic rings. The number of alkyl halides is 3. The van der Waals surface area contributed by atoms with Crippen LogP contribution in [0.5, 0.6) is 5.75 Å². The molecule has 0 saturated carbocycles. The molecule has 24 heavy (non-hydrogen) atoms. The number of halogens is 5. The van der Waals surface area contributed by atoms with Crippen molar-refractivity contribution in [1.29, 1.82) is 0 Å². The number of aromatic hydroxyl groups is 1. The molecule has 0 spiro atoms. The lowest BCUT2D eigenvalue weighted by Gasteiger charge is -2.12. The number of phenols is 1. The first-order valence-corrected chi connectivity index (χ1v) is 6.75. The summed E-state index contributed by atoms with van der Waals surface area (Å²) < 4.78 is 51.7. The molecule has 0 aromatic heterocycles. The van der Waals surface area contributed by atoms with E-state index >= 15 is 0 Å². The zero-order valence-corrected chi connectivity index (χ0v) is 12.5. The Morgan fingerprint density at radius 1 is 1.25 bits per heavy atom. The fourth-order valence-electron chi connectivity index (χ4n) is 1.81. The number of hydrogen-bond acceptors (Lipinski definition) is 3. The van der Waals surface area contributed by atoms with Gasteiger partial charge >= 0.3 is 6.18 Å². The molecule has 0 bridgehead atoms. The van der Waals surface area contributed by atoms with Crippen LogP contribution >= 0.6 is 11.6 Å². The predicted octanol–water partition coefficient (Wildman–Crippen LogP) is 3.97. The molecule has 4 nitrogen and oxygen atoms in total. The van der Waals surface area contributed by atoms with Crippen LogP contribution in [0.3, 0.4) is 0 Å². The van der Waals surface area contributed by atoms with E-state index in [1.54, 1.807) is 0 Å². The number of hydrogen-bond donors (Lipinski definition) is 2. The molecule has 2 aromatic rings. The van der Waals surface area contributed by atoms with Gasteiger partial charge in [-0.15, -0.1) is 0 Å². The lowest BCUT2D eigenvalue weighted by atomic mass is 10.1. The Bertz CT molecular complexity index is 807. The zero-order valence-electron chi connectivity index (χ0n) is 11.7. The monoisotopic (exact) mass is 360 g/mol. The van der Waals surface area contributed by atoms with Crippen LogP contribution in [-0.2, 0) is 6.18 Å². The molecule has 9 heteroatoms. The van der Waals surface area contributed by atoms with Crippen LogP contribution in [0.1, 0.15) is 21.5 Å². The number of nitrogens with zero attached hydrogens (tertiary/aromatic N) is 1. The lowest BCUT2D eigenvalue weighted by Crippen LogP contribution is -2.18. The maximum absolute atomic E-state index is 13.0. The first-order valence-electron chi connectivity index (χ1n) is 6.38. The molecule has 0 unspecified atom stereocenters. The molecule has 126 valence electrons. The van der Waals surface area contributed by atoms with Crippen molar-refractivity contribution in [3.05, 3.63) is 63.9 Å². The van der Waals surface area contributed by atoms with Crippen molar-refractivity contribution in [2.24, 2.45) is 5.10 Å². The van der Waals surface area contributed by atoms with Crippen molar-refractivity contribution in [3.8, 4) is 5.75 Å². The summed E-state index contributed by atoms with van der Waals surface area (Å²) in [5.74, 6) is -2.31. The molecule has 0 radical (unpaired) electrons. The summed E-state index contributed by atoms with van der Waals surface area (Å²) in [6.45, 7) is 0. The van der Waals surface area contributed by atoms with E-state index in [1.807, 2.05) is 5.43 Å². The highest BCUT2D eigenvalue weighted by molar-refractivity contribution is 6.32. The van der Waals surface area contributed by atoms with Crippen LogP contribution < -0.4 is 5.43 Å². The minimum absolute atomic E-state index is 0.0708. The Hall–Kier alpha value is -2.61. The van der Waals surface area contributed by atoms with E-state index in [0.717, 1.165) is 18.2 Å². The van der Waals surface area contributed by atoms with Crippen molar-refractivity contribution >= 4 is 23.7 Å². The van der Waals surface area contributed by atoms with Crippen LogP contribution in [0.2, 0.25) is 5.02 Å². The lowest BCUT2D eigenvalue weighted by molar-refractivity contribution is -0.137. The largest absolute Gasteiger partial charge is 0.506 e. The summed E-state index contributed by atoms with van der Waals surface area (Å²) in [6.07, 6.45) is -4.14. The van der Waals surface area contributed by atoms with Gasteiger partial charge < -0.3 is 5.11 Å². The van der Waals surface area contributed by atoms with Crippen LogP contribution in [0, 0.1) is 5.82 Å². The van der Waals surface area contributed by atoms with E-state index in [9.17, 15) is 27.5 Å². The van der Waals surface area contributed by atoms with E-state index in [0.29, 0.717) is 12.3 Å². The predicted molar refractivity (Wildman–Crippen MR) is 79.6 cm³/mol. The molecule has 2 aromatic carbocycles. The topological polar surface area (TPSA) is 61.7 Å². The molecule has 1 amide bonds. The van der Waals surface area contributed by atoms with E-state index < -0.39 is 34.8 Å². The third-order valence-electron chi connectivity index (χ3n) is 2.92. The van der Waals surface area contributed by atoms with Gasteiger partial charge in [0, 0.05) is 5.56 Å². The smallest absolute Gasteiger partial charge is 0.417 e. The number of amides is 1. The van der Waals surface area contributed by atoms with E-state index in [-0.39, 0.29) is 10.6 Å². The van der Waals surface area contributed by atoms with Crippen molar-refractivity contribution in [2.45, 2.75) is 6.18 Å². The van der Waals surface area contributed by atoms with Crippen LogP contribution in [0.15, 0.2) is 41.5 Å². The van der Waals surface area contributed by atoms with Crippen LogP contribution in [0.25, 0.3) is 0 Å². The van der Waals surface area contributed by atoms with Gasteiger partial charge in [0.25, 0.3) is 5.91 Å². The van der Waals surface area contributed by atoms with Gasteiger partial charge in [0.1, 0.15) is 11.6 Å². The molecule has 0 aliphatic carbocycles. The number of carbonyl (C=O) groups excluding carboxylic acids is 1. The summed E-state index contributed by atoms with van der Waals surface area (Å²) in [4.78, 5) is 11.7. The van der Waals surface area contributed by atoms with Crippen LogP contribution in [0.4, 0.5) is 17.6 Å². The van der Waals surface area contributed by atoms with Gasteiger partial charge in [0.15, 0.2) is 0 Å². The first kappa shape index (κ1) is 17.7. The van der Waals surface area contributed by atoms with Crippen molar-refractivity contribution in [3.63, 3.8) is 0 Å². The quantitative estimate of drug-likeness (QED) is 0.494. The van der Waals surface area contributed by atoms with Gasteiger partial charge in [-0.2, -0.15) is 18.3 Å². The highest BCUT2D eigenvalue weighted by Crippen LogP contribution is 2.38. The Balaban J connectivity index is 2.26. The van der Waals surface area contributed by atoms with Gasteiger partial charge in [-0.25, -0.2) is 9.82 Å². The normalized spacial score (nSPS) is 11.7. The number of phenolic OH excluding ortho intramolecular Hbond substituents is 1. The van der Waals surface area contributed by atoms with Crippen molar-refractivity contribution < 1.29 is 27.5 Å². The average Bonchev–Trinajstić information content (AvgIpc) is 2.50. The van der Waals surface area contributed by atoms with E-state index in [4.69, 9.17) is 11.6 Å². The number of benzene rings is 2. The maximum Gasteiger partial charge on any atom is 0.417 e. The summed E-state index contributed by atoms with van der Waals surface area (Å²) >= 11 is 5.58. The maximum atomic E-state index is 13.0. The highest BCUT2D eigenvalue weighted by atomic mass is 35.5. The van der Waals surface area contributed by atoms with Crippen molar-refractivity contribution in [1.82, 2.24) is 5.43 Å². The molecule has 0 fully saturated rings. The van der Waals surface area contributed by atoms with Gasteiger partial charge in [0.2, 0.25) is 0 Å². The minimum Gasteiger partial charge on any atom is -0.506 e. The summed E-state index contributed by atoms with van der Waals surface area (Å²) in [5, 5.41) is 12.7. The standard InChI is InChI=1S/C15H9ClF4N2O2/c16-12-5-4-11(15(18,19)20)10(13(12)23)7-21-22-14(24)8-2-1-3-9(17)6-8/h1-7,23H,(H,22,24)/b21-7+. The Labute approximate surface area is 138 Å². The van der Waals surface area contributed by atoms with E-state index in [1.165, 1.54) is 12.1 Å². The molecular weight excluding hydrogens is 352 g/mol. The second-order valence-corrected chi connectivity index (χ2v) is 4.97. The van der Waals surface area contributed by atoms with Crippen molar-refractivity contribution in [2.75, 3.05) is 0 Å². The molecule has 0 aliphatic heterocycles. The van der Waals surface area contributed by atoms with Gasteiger partial charge in [0.05, 0.1) is 22.4 Å². The fraction of sp³-hybridized carbons (Fsp3) is 0.0667. The molecular formula is C15H9ClF4N2O2. The third-order valence-corrected chi connectivity index (χ3v) is 3.22. The van der Waals surface area contributed by atoms with Gasteiger partial charge in [-0.3, -0.25) is 4.79 Å². The fourth-order valence-corrected chi connectivity index (χ4v) is 1.97. The van der Waals surface area contributed by atoms with E-state index in [2.05, 4.69) is 5.10 Å². The Morgan fingerprint density at radius 2 is 1.96 bits per heavy atom. The molecule has 2 rings (SSSR count). The first-order chi connectivity index (χ1) is 11.2. The summed E-state index contributed by atoms with van der Waals surface area (Å²) in [6, 6.07) is 6.22. The third kappa shape index (κ3) is 4.02. The second kappa shape index (κ2) is 6.88. The van der Waals surface area contributed by atoms with Gasteiger partial charge in [-0.05, 0) is 30.3 Å². The molecule has 2 N–H and O–H groups in total.